The smallest absolute Gasteiger partial charge is 0.266 e. The van der Waals surface area contributed by atoms with Crippen molar-refractivity contribution >= 4 is 63.5 Å². The number of thiocarbonyl (C=S) groups is 1. The molecule has 0 radical (unpaired) electrons. The fourth-order valence-electron chi connectivity index (χ4n) is 2.53. The van der Waals surface area contributed by atoms with Crippen LogP contribution in [0.5, 0.6) is 5.75 Å². The Balaban J connectivity index is 1.66. The Morgan fingerprint density at radius 2 is 2.03 bits per heavy atom. The van der Waals surface area contributed by atoms with Gasteiger partial charge in [-0.25, -0.2) is 4.39 Å². The number of nitrogens with one attached hydrogen (secondary N) is 1. The number of ether oxygens (including phenoxy) is 1. The average Bonchev–Trinajstić information content (AvgIpc) is 2.94. The van der Waals surface area contributed by atoms with Crippen molar-refractivity contribution in [2.45, 2.75) is 6.92 Å². The standard InChI is InChI=1S/C20H16ClFN2O3S2/c1-2-27-14-6-3-12(4-7-14)9-17-19(26)24(20(28)29-17)11-18(25)23-13-5-8-16(22)15(21)10-13/h3-10H,2,11H2,1H3,(H,23,25)/b17-9-. The zero-order valence-corrected chi connectivity index (χ0v) is 17.7. The van der Waals surface area contributed by atoms with E-state index >= 15 is 0 Å². The van der Waals surface area contributed by atoms with Gasteiger partial charge in [0, 0.05) is 5.69 Å². The van der Waals surface area contributed by atoms with Crippen LogP contribution in [0.4, 0.5) is 10.1 Å². The van der Waals surface area contributed by atoms with Crippen molar-refractivity contribution < 1.29 is 18.7 Å². The minimum Gasteiger partial charge on any atom is -0.494 e. The zero-order chi connectivity index (χ0) is 21.0. The number of halogens is 2. The van der Waals surface area contributed by atoms with E-state index in [-0.39, 0.29) is 17.5 Å². The predicted octanol–water partition coefficient (Wildman–Crippen LogP) is 4.72. The van der Waals surface area contributed by atoms with Gasteiger partial charge in [0.25, 0.3) is 5.91 Å². The molecule has 0 atom stereocenters. The number of thioether (sulfide) groups is 1. The lowest BCUT2D eigenvalue weighted by Gasteiger charge is -2.14. The van der Waals surface area contributed by atoms with Crippen LogP contribution in [0.3, 0.4) is 0 Å². The lowest BCUT2D eigenvalue weighted by Crippen LogP contribution is -2.36. The van der Waals surface area contributed by atoms with Gasteiger partial charge in [-0.2, -0.15) is 0 Å². The molecule has 2 aromatic carbocycles. The molecular weight excluding hydrogens is 435 g/mol. The van der Waals surface area contributed by atoms with Crippen LogP contribution in [0.15, 0.2) is 47.4 Å². The van der Waals surface area contributed by atoms with Gasteiger partial charge in [-0.15, -0.1) is 0 Å². The molecule has 0 bridgehead atoms. The highest BCUT2D eigenvalue weighted by atomic mass is 35.5. The lowest BCUT2D eigenvalue weighted by atomic mass is 10.2. The summed E-state index contributed by atoms with van der Waals surface area (Å²) in [5, 5.41) is 2.47. The van der Waals surface area contributed by atoms with E-state index in [4.69, 9.17) is 28.6 Å². The van der Waals surface area contributed by atoms with Gasteiger partial charge < -0.3 is 10.1 Å². The number of amides is 2. The van der Waals surface area contributed by atoms with Gasteiger partial charge in [0.05, 0.1) is 16.5 Å². The van der Waals surface area contributed by atoms with Crippen LogP contribution in [0.2, 0.25) is 5.02 Å². The first-order valence-electron chi connectivity index (χ1n) is 8.60. The molecule has 29 heavy (non-hydrogen) atoms. The molecule has 5 nitrogen and oxygen atoms in total. The van der Waals surface area contributed by atoms with Crippen molar-refractivity contribution in [1.82, 2.24) is 4.90 Å². The lowest BCUT2D eigenvalue weighted by molar-refractivity contribution is -0.126. The van der Waals surface area contributed by atoms with Crippen molar-refractivity contribution in [3.8, 4) is 5.75 Å². The van der Waals surface area contributed by atoms with E-state index in [1.165, 1.54) is 17.0 Å². The average molecular weight is 451 g/mol. The van der Waals surface area contributed by atoms with Crippen LogP contribution < -0.4 is 10.1 Å². The molecule has 1 heterocycles. The monoisotopic (exact) mass is 450 g/mol. The molecule has 0 saturated carbocycles. The van der Waals surface area contributed by atoms with Gasteiger partial charge in [0.2, 0.25) is 5.91 Å². The maximum Gasteiger partial charge on any atom is 0.266 e. The fourth-order valence-corrected chi connectivity index (χ4v) is 3.97. The first-order valence-corrected chi connectivity index (χ1v) is 10.2. The van der Waals surface area contributed by atoms with Crippen molar-refractivity contribution in [2.75, 3.05) is 18.5 Å². The summed E-state index contributed by atoms with van der Waals surface area (Å²) in [5.41, 5.74) is 1.15. The van der Waals surface area contributed by atoms with Crippen LogP contribution in [-0.4, -0.2) is 34.2 Å². The van der Waals surface area contributed by atoms with Gasteiger partial charge >= 0.3 is 0 Å². The number of nitrogens with zero attached hydrogens (tertiary/aromatic N) is 1. The Bertz CT molecular complexity index is 996. The van der Waals surface area contributed by atoms with E-state index in [1.54, 1.807) is 6.08 Å². The van der Waals surface area contributed by atoms with E-state index in [0.717, 1.165) is 29.1 Å². The van der Waals surface area contributed by atoms with E-state index in [1.807, 2.05) is 31.2 Å². The molecule has 150 valence electrons. The predicted molar refractivity (Wildman–Crippen MR) is 118 cm³/mol. The first-order chi connectivity index (χ1) is 13.9. The van der Waals surface area contributed by atoms with Crippen molar-refractivity contribution in [1.29, 1.82) is 0 Å². The second kappa shape index (κ2) is 9.39. The van der Waals surface area contributed by atoms with E-state index in [9.17, 15) is 14.0 Å². The van der Waals surface area contributed by atoms with E-state index < -0.39 is 11.7 Å². The van der Waals surface area contributed by atoms with Crippen molar-refractivity contribution in [3.05, 3.63) is 63.8 Å². The SMILES string of the molecule is CCOc1ccc(/C=C2\SC(=S)N(CC(=O)Nc3ccc(F)c(Cl)c3)C2=O)cc1. The molecule has 1 aliphatic heterocycles. The summed E-state index contributed by atoms with van der Waals surface area (Å²) in [5.74, 6) is -0.650. The second-order valence-electron chi connectivity index (χ2n) is 5.95. The molecule has 1 fully saturated rings. The summed E-state index contributed by atoms with van der Waals surface area (Å²) in [6, 6.07) is 11.1. The molecule has 0 unspecified atom stereocenters. The van der Waals surface area contributed by atoms with Crippen LogP contribution in [0.1, 0.15) is 12.5 Å². The summed E-state index contributed by atoms with van der Waals surface area (Å²) in [6.45, 7) is 2.23. The summed E-state index contributed by atoms with van der Waals surface area (Å²) in [7, 11) is 0. The normalized spacial score (nSPS) is 15.1. The summed E-state index contributed by atoms with van der Waals surface area (Å²) in [6.07, 6.45) is 1.71. The van der Waals surface area contributed by atoms with Crippen LogP contribution in [-0.2, 0) is 9.59 Å². The molecule has 1 aliphatic rings. The maximum absolute atomic E-state index is 13.2. The molecule has 0 spiro atoms. The number of hydrogen-bond donors (Lipinski definition) is 1. The third-order valence-electron chi connectivity index (χ3n) is 3.87. The number of anilines is 1. The third-order valence-corrected chi connectivity index (χ3v) is 5.53. The minimum atomic E-state index is -0.582. The van der Waals surface area contributed by atoms with Gasteiger partial charge in [-0.05, 0) is 48.9 Å². The summed E-state index contributed by atoms with van der Waals surface area (Å²) >= 11 is 12.1. The van der Waals surface area contributed by atoms with Crippen LogP contribution in [0.25, 0.3) is 6.08 Å². The van der Waals surface area contributed by atoms with Crippen LogP contribution in [0, 0.1) is 5.82 Å². The Hall–Kier alpha value is -2.42. The van der Waals surface area contributed by atoms with Crippen molar-refractivity contribution in [3.63, 3.8) is 0 Å². The fraction of sp³-hybridized carbons (Fsp3) is 0.150. The second-order valence-corrected chi connectivity index (χ2v) is 8.03. The quantitative estimate of drug-likeness (QED) is 0.510. The summed E-state index contributed by atoms with van der Waals surface area (Å²) < 4.78 is 18.9. The molecular formula is C20H16ClFN2O3S2. The third kappa shape index (κ3) is 5.35. The zero-order valence-electron chi connectivity index (χ0n) is 15.3. The van der Waals surface area contributed by atoms with E-state index in [0.29, 0.717) is 21.5 Å². The van der Waals surface area contributed by atoms with Gasteiger partial charge in [-0.1, -0.05) is 47.7 Å². The topological polar surface area (TPSA) is 58.6 Å². The van der Waals surface area contributed by atoms with Gasteiger partial charge in [0.15, 0.2) is 0 Å². The van der Waals surface area contributed by atoms with Crippen molar-refractivity contribution in [2.24, 2.45) is 0 Å². The number of benzene rings is 2. The Morgan fingerprint density at radius 3 is 2.69 bits per heavy atom. The van der Waals surface area contributed by atoms with Gasteiger partial charge in [-0.3, -0.25) is 14.5 Å². The molecule has 9 heteroatoms. The number of rotatable bonds is 6. The maximum atomic E-state index is 13.2. The number of hydrogen-bond acceptors (Lipinski definition) is 5. The number of carbonyl (C=O) groups excluding carboxylic acids is 2. The molecule has 2 aromatic rings. The van der Waals surface area contributed by atoms with Crippen LogP contribution >= 0.6 is 35.6 Å². The highest BCUT2D eigenvalue weighted by Gasteiger charge is 2.33. The molecule has 3 rings (SSSR count). The van der Waals surface area contributed by atoms with Gasteiger partial charge in [0.1, 0.15) is 22.4 Å². The molecule has 1 saturated heterocycles. The number of carbonyl (C=O) groups is 2. The first kappa shape index (κ1) is 21.3. The largest absolute Gasteiger partial charge is 0.494 e. The Morgan fingerprint density at radius 1 is 1.31 bits per heavy atom. The molecule has 1 N–H and O–H groups in total. The molecule has 2 amide bonds. The Labute approximate surface area is 181 Å². The summed E-state index contributed by atoms with van der Waals surface area (Å²) in [4.78, 5) is 26.6. The Kier molecular flexibility index (Phi) is 6.89. The highest BCUT2D eigenvalue weighted by Crippen LogP contribution is 2.32. The molecule has 0 aromatic heterocycles. The molecule has 0 aliphatic carbocycles. The highest BCUT2D eigenvalue weighted by molar-refractivity contribution is 8.26. The minimum absolute atomic E-state index is 0.105. The van der Waals surface area contributed by atoms with E-state index in [2.05, 4.69) is 5.32 Å².